The molecule has 1 heterocycles. The van der Waals surface area contributed by atoms with Crippen molar-refractivity contribution in [1.82, 2.24) is 4.90 Å². The Balaban J connectivity index is 2.60. The van der Waals surface area contributed by atoms with Gasteiger partial charge in [-0.1, -0.05) is 6.58 Å². The van der Waals surface area contributed by atoms with E-state index in [0.717, 1.165) is 5.70 Å². The number of likely N-dealkylation sites (N-methyl/N-ethyl adjacent to an activating group) is 1. The average molecular weight is 111 g/mol. The van der Waals surface area contributed by atoms with Crippen molar-refractivity contribution in [2.75, 3.05) is 13.8 Å². The van der Waals surface area contributed by atoms with Gasteiger partial charge in [-0.2, -0.15) is 0 Å². The van der Waals surface area contributed by atoms with E-state index in [1.54, 1.807) is 6.26 Å². The van der Waals surface area contributed by atoms with Gasteiger partial charge in [0.25, 0.3) is 0 Å². The van der Waals surface area contributed by atoms with Crippen LogP contribution in [0.25, 0.3) is 0 Å². The quantitative estimate of drug-likeness (QED) is 0.461. The third kappa shape index (κ3) is 0.832. The molecule has 0 unspecified atom stereocenters. The van der Waals surface area contributed by atoms with Crippen LogP contribution in [0.4, 0.5) is 0 Å². The topological polar surface area (TPSA) is 12.5 Å². The van der Waals surface area contributed by atoms with Crippen molar-refractivity contribution in [3.8, 4) is 0 Å². The van der Waals surface area contributed by atoms with Gasteiger partial charge in [0.05, 0.1) is 6.26 Å². The summed E-state index contributed by atoms with van der Waals surface area (Å²) < 4.78 is 4.94. The van der Waals surface area contributed by atoms with E-state index < -0.39 is 0 Å². The lowest BCUT2D eigenvalue weighted by Gasteiger charge is -2.21. The van der Waals surface area contributed by atoms with E-state index in [1.807, 2.05) is 18.0 Å². The molecule has 44 valence electrons. The highest BCUT2D eigenvalue weighted by atomic mass is 16.5. The third-order valence-corrected chi connectivity index (χ3v) is 1.12. The zero-order valence-corrected chi connectivity index (χ0v) is 4.92. The number of ether oxygens (including phenoxy) is 1. The van der Waals surface area contributed by atoms with Crippen LogP contribution in [0.5, 0.6) is 0 Å². The van der Waals surface area contributed by atoms with Crippen molar-refractivity contribution < 1.29 is 4.74 Å². The first kappa shape index (κ1) is 5.22. The lowest BCUT2D eigenvalue weighted by atomic mass is 10.4. The number of rotatable bonds is 0. The molecule has 8 heavy (non-hydrogen) atoms. The predicted octanol–water partition coefficient (Wildman–Crippen LogP) is 0.933. The smallest absolute Gasteiger partial charge is 0.160 e. The Morgan fingerprint density at radius 2 is 2.62 bits per heavy atom. The maximum Gasteiger partial charge on any atom is 0.160 e. The van der Waals surface area contributed by atoms with Crippen LogP contribution in [0.15, 0.2) is 24.6 Å². The highest BCUT2D eigenvalue weighted by molar-refractivity contribution is 5.12. The van der Waals surface area contributed by atoms with Gasteiger partial charge in [-0.05, 0) is 6.08 Å². The molecule has 0 aromatic rings. The molecule has 0 spiro atoms. The summed E-state index contributed by atoms with van der Waals surface area (Å²) in [6.07, 6.45) is 3.49. The summed E-state index contributed by atoms with van der Waals surface area (Å²) in [5.74, 6) is 0. The number of hydrogen-bond acceptors (Lipinski definition) is 2. The molecule has 0 aliphatic carbocycles. The van der Waals surface area contributed by atoms with E-state index in [4.69, 9.17) is 4.74 Å². The Labute approximate surface area is 49.1 Å². The molecule has 0 bridgehead atoms. The van der Waals surface area contributed by atoms with Crippen molar-refractivity contribution in [1.29, 1.82) is 0 Å². The van der Waals surface area contributed by atoms with Gasteiger partial charge in [0, 0.05) is 12.7 Å². The number of nitrogens with zero attached hydrogens (tertiary/aromatic N) is 1. The van der Waals surface area contributed by atoms with Crippen molar-refractivity contribution in [3.05, 3.63) is 24.6 Å². The second kappa shape index (κ2) is 1.90. The molecule has 1 aliphatic heterocycles. The molecule has 0 amide bonds. The molecular weight excluding hydrogens is 102 g/mol. The van der Waals surface area contributed by atoms with Crippen molar-refractivity contribution in [2.24, 2.45) is 0 Å². The zero-order valence-electron chi connectivity index (χ0n) is 4.92. The molecule has 0 N–H and O–H groups in total. The van der Waals surface area contributed by atoms with Gasteiger partial charge in [-0.3, -0.25) is 0 Å². The van der Waals surface area contributed by atoms with E-state index in [1.165, 1.54) is 0 Å². The molecular formula is C6H9NO. The highest BCUT2D eigenvalue weighted by Gasteiger charge is 2.00. The van der Waals surface area contributed by atoms with Gasteiger partial charge in [-0.25, -0.2) is 0 Å². The van der Waals surface area contributed by atoms with E-state index >= 15 is 0 Å². The van der Waals surface area contributed by atoms with Crippen LogP contribution < -0.4 is 0 Å². The molecule has 2 heteroatoms. The minimum Gasteiger partial charge on any atom is -0.481 e. The number of allylic oxidation sites excluding steroid dienone is 1. The van der Waals surface area contributed by atoms with Crippen LogP contribution in [-0.4, -0.2) is 18.7 Å². The molecule has 0 atom stereocenters. The predicted molar refractivity (Wildman–Crippen MR) is 32.0 cm³/mol. The van der Waals surface area contributed by atoms with E-state index in [0.29, 0.717) is 6.73 Å². The standard InChI is InChI=1S/C6H9NO/c1-6-3-4-8-5-7(6)2/h3-4H,1,5H2,2H3. The summed E-state index contributed by atoms with van der Waals surface area (Å²) in [6.45, 7) is 4.37. The van der Waals surface area contributed by atoms with Gasteiger partial charge < -0.3 is 9.64 Å². The summed E-state index contributed by atoms with van der Waals surface area (Å²) in [4.78, 5) is 1.93. The van der Waals surface area contributed by atoms with Crippen molar-refractivity contribution in [2.45, 2.75) is 0 Å². The minimum absolute atomic E-state index is 0.620. The molecule has 0 aromatic heterocycles. The van der Waals surface area contributed by atoms with Gasteiger partial charge in [0.15, 0.2) is 6.73 Å². The Hall–Kier alpha value is -0.920. The minimum atomic E-state index is 0.620. The Bertz CT molecular complexity index is 128. The van der Waals surface area contributed by atoms with Gasteiger partial charge in [0.1, 0.15) is 0 Å². The van der Waals surface area contributed by atoms with E-state index in [2.05, 4.69) is 6.58 Å². The Kier molecular flexibility index (Phi) is 1.24. The Morgan fingerprint density at radius 3 is 3.00 bits per heavy atom. The monoisotopic (exact) mass is 111 g/mol. The first-order chi connectivity index (χ1) is 3.80. The van der Waals surface area contributed by atoms with Crippen LogP contribution in [-0.2, 0) is 4.74 Å². The van der Waals surface area contributed by atoms with Crippen molar-refractivity contribution in [3.63, 3.8) is 0 Å². The highest BCUT2D eigenvalue weighted by Crippen LogP contribution is 2.04. The van der Waals surface area contributed by atoms with Crippen LogP contribution in [0, 0.1) is 0 Å². The van der Waals surface area contributed by atoms with Crippen LogP contribution in [0.1, 0.15) is 0 Å². The lowest BCUT2D eigenvalue weighted by Crippen LogP contribution is -2.20. The fourth-order valence-electron chi connectivity index (χ4n) is 0.492. The van der Waals surface area contributed by atoms with Crippen LogP contribution >= 0.6 is 0 Å². The maximum atomic E-state index is 4.94. The van der Waals surface area contributed by atoms with Crippen LogP contribution in [0.3, 0.4) is 0 Å². The molecule has 1 rings (SSSR count). The second-order valence-corrected chi connectivity index (χ2v) is 1.79. The molecule has 0 radical (unpaired) electrons. The SMILES string of the molecule is C=C1C=COCN1C. The van der Waals surface area contributed by atoms with Gasteiger partial charge in [0.2, 0.25) is 0 Å². The average Bonchev–Trinajstić information content (AvgIpc) is 1.77. The molecule has 0 fully saturated rings. The summed E-state index contributed by atoms with van der Waals surface area (Å²) in [5, 5.41) is 0. The zero-order chi connectivity index (χ0) is 5.98. The fraction of sp³-hybridized carbons (Fsp3) is 0.333. The lowest BCUT2D eigenvalue weighted by molar-refractivity contribution is 0.128. The molecule has 1 aliphatic rings. The molecule has 0 saturated carbocycles. The summed E-state index contributed by atoms with van der Waals surface area (Å²) in [5.41, 5.74) is 0.997. The molecule has 0 aromatic carbocycles. The second-order valence-electron chi connectivity index (χ2n) is 1.79. The van der Waals surface area contributed by atoms with Crippen molar-refractivity contribution >= 4 is 0 Å². The van der Waals surface area contributed by atoms with Crippen LogP contribution in [0.2, 0.25) is 0 Å². The normalized spacial score (nSPS) is 18.6. The Morgan fingerprint density at radius 1 is 1.88 bits per heavy atom. The first-order valence-corrected chi connectivity index (χ1v) is 2.49. The van der Waals surface area contributed by atoms with Gasteiger partial charge in [-0.15, -0.1) is 0 Å². The fourth-order valence-corrected chi connectivity index (χ4v) is 0.492. The molecule has 0 saturated heterocycles. The summed E-state index contributed by atoms with van der Waals surface area (Å²) in [6, 6.07) is 0. The first-order valence-electron chi connectivity index (χ1n) is 2.49. The largest absolute Gasteiger partial charge is 0.481 e. The maximum absolute atomic E-state index is 4.94. The third-order valence-electron chi connectivity index (χ3n) is 1.12. The summed E-state index contributed by atoms with van der Waals surface area (Å²) in [7, 11) is 1.94. The number of hydrogen-bond donors (Lipinski definition) is 0. The van der Waals surface area contributed by atoms with E-state index in [-0.39, 0.29) is 0 Å². The van der Waals surface area contributed by atoms with Gasteiger partial charge >= 0.3 is 0 Å². The van der Waals surface area contributed by atoms with E-state index in [9.17, 15) is 0 Å². The summed E-state index contributed by atoms with van der Waals surface area (Å²) >= 11 is 0. The molecule has 2 nitrogen and oxygen atoms in total.